The molecule has 0 aliphatic rings. The molecule has 0 unspecified atom stereocenters. The summed E-state index contributed by atoms with van der Waals surface area (Å²) in [6, 6.07) is 12.8. The van der Waals surface area contributed by atoms with Gasteiger partial charge in [0.1, 0.15) is 10.8 Å². The number of halogens is 2. The van der Waals surface area contributed by atoms with E-state index >= 15 is 0 Å². The fourth-order valence-corrected chi connectivity index (χ4v) is 2.43. The van der Waals surface area contributed by atoms with Gasteiger partial charge in [0.25, 0.3) is 11.8 Å². The van der Waals surface area contributed by atoms with Gasteiger partial charge in [0.05, 0.1) is 22.6 Å². The molecular formula is C18H12Cl2N4O2. The lowest BCUT2D eigenvalue weighted by Crippen LogP contribution is -2.15. The minimum Gasteiger partial charge on any atom is -0.321 e. The van der Waals surface area contributed by atoms with Crippen LogP contribution in [0.15, 0.2) is 60.9 Å². The zero-order valence-electron chi connectivity index (χ0n) is 13.2. The average Bonchev–Trinajstić information content (AvgIpc) is 2.66. The second-order valence-corrected chi connectivity index (χ2v) is 5.98. The summed E-state index contributed by atoms with van der Waals surface area (Å²) in [4.78, 5) is 32.3. The lowest BCUT2D eigenvalue weighted by atomic mass is 10.2. The molecule has 2 amide bonds. The molecule has 2 N–H and O–H groups in total. The van der Waals surface area contributed by atoms with Crippen LogP contribution in [0, 0.1) is 0 Å². The lowest BCUT2D eigenvalue weighted by molar-refractivity contribution is 0.101. The normalized spacial score (nSPS) is 10.2. The number of anilines is 2. The van der Waals surface area contributed by atoms with Crippen LogP contribution in [0.4, 0.5) is 11.4 Å². The van der Waals surface area contributed by atoms with Crippen LogP contribution in [0.25, 0.3) is 0 Å². The maximum absolute atomic E-state index is 12.3. The standard InChI is InChI=1S/C18H12Cl2N4O2/c19-13-9-11(17(25)23-12-5-7-16(20)22-10-12)4-6-14(13)24-18(26)15-3-1-2-8-21-15/h1-10H,(H,23,25)(H,24,26). The fourth-order valence-electron chi connectivity index (χ4n) is 2.09. The number of pyridine rings is 2. The van der Waals surface area contributed by atoms with Gasteiger partial charge in [0, 0.05) is 11.8 Å². The second kappa shape index (κ2) is 7.95. The van der Waals surface area contributed by atoms with Gasteiger partial charge in [-0.1, -0.05) is 29.3 Å². The molecule has 26 heavy (non-hydrogen) atoms. The molecule has 0 fully saturated rings. The van der Waals surface area contributed by atoms with Gasteiger partial charge in [0.15, 0.2) is 0 Å². The molecule has 0 spiro atoms. The number of rotatable bonds is 4. The number of hydrogen-bond acceptors (Lipinski definition) is 4. The molecule has 0 saturated heterocycles. The summed E-state index contributed by atoms with van der Waals surface area (Å²) >= 11 is 11.9. The smallest absolute Gasteiger partial charge is 0.274 e. The summed E-state index contributed by atoms with van der Waals surface area (Å²) in [5.41, 5.74) is 1.48. The summed E-state index contributed by atoms with van der Waals surface area (Å²) in [5, 5.41) is 5.91. The fraction of sp³-hybridized carbons (Fsp3) is 0. The number of benzene rings is 1. The Hall–Kier alpha value is -2.96. The van der Waals surface area contributed by atoms with Crippen molar-refractivity contribution in [3.63, 3.8) is 0 Å². The zero-order valence-corrected chi connectivity index (χ0v) is 14.8. The van der Waals surface area contributed by atoms with E-state index in [0.717, 1.165) is 0 Å². The molecule has 0 saturated carbocycles. The molecule has 2 aromatic heterocycles. The van der Waals surface area contributed by atoms with E-state index in [0.29, 0.717) is 22.1 Å². The Bertz CT molecular complexity index is 947. The molecule has 6 nitrogen and oxygen atoms in total. The highest BCUT2D eigenvalue weighted by atomic mass is 35.5. The van der Waals surface area contributed by atoms with Gasteiger partial charge in [-0.15, -0.1) is 0 Å². The van der Waals surface area contributed by atoms with Gasteiger partial charge in [-0.3, -0.25) is 14.6 Å². The molecule has 8 heteroatoms. The molecule has 2 heterocycles. The third kappa shape index (κ3) is 4.36. The highest BCUT2D eigenvalue weighted by Crippen LogP contribution is 2.24. The number of hydrogen-bond donors (Lipinski definition) is 2. The van der Waals surface area contributed by atoms with Crippen LogP contribution < -0.4 is 10.6 Å². The maximum Gasteiger partial charge on any atom is 0.274 e. The van der Waals surface area contributed by atoms with Crippen LogP contribution in [0.3, 0.4) is 0 Å². The summed E-state index contributed by atoms with van der Waals surface area (Å²) in [6.45, 7) is 0. The first-order valence-corrected chi connectivity index (χ1v) is 8.23. The van der Waals surface area contributed by atoms with Crippen molar-refractivity contribution < 1.29 is 9.59 Å². The van der Waals surface area contributed by atoms with Gasteiger partial charge in [-0.25, -0.2) is 4.98 Å². The molecule has 3 aromatic rings. The number of nitrogens with one attached hydrogen (secondary N) is 2. The number of carbonyl (C=O) groups excluding carboxylic acids is 2. The molecule has 0 radical (unpaired) electrons. The summed E-state index contributed by atoms with van der Waals surface area (Å²) in [6.07, 6.45) is 2.97. The van der Waals surface area contributed by atoms with Crippen LogP contribution in [0.1, 0.15) is 20.8 Å². The summed E-state index contributed by atoms with van der Waals surface area (Å²) in [5.74, 6) is -0.754. The molecular weight excluding hydrogens is 375 g/mol. The highest BCUT2D eigenvalue weighted by Gasteiger charge is 2.12. The van der Waals surface area contributed by atoms with Gasteiger partial charge >= 0.3 is 0 Å². The van der Waals surface area contributed by atoms with E-state index in [2.05, 4.69) is 20.6 Å². The molecule has 3 rings (SSSR count). The van der Waals surface area contributed by atoms with Crippen molar-refractivity contribution in [2.45, 2.75) is 0 Å². The highest BCUT2D eigenvalue weighted by molar-refractivity contribution is 6.34. The third-order valence-electron chi connectivity index (χ3n) is 3.36. The van der Waals surface area contributed by atoms with E-state index < -0.39 is 5.91 Å². The zero-order chi connectivity index (χ0) is 18.5. The third-order valence-corrected chi connectivity index (χ3v) is 3.90. The van der Waals surface area contributed by atoms with E-state index in [1.54, 1.807) is 42.5 Å². The number of amides is 2. The predicted octanol–water partition coefficient (Wildman–Crippen LogP) is 4.29. The lowest BCUT2D eigenvalue weighted by Gasteiger charge is -2.09. The molecule has 130 valence electrons. The Morgan fingerprint density at radius 1 is 0.885 bits per heavy atom. The van der Waals surface area contributed by atoms with E-state index in [9.17, 15) is 9.59 Å². The van der Waals surface area contributed by atoms with Gasteiger partial charge in [-0.2, -0.15) is 0 Å². The first kappa shape index (κ1) is 17.8. The molecule has 0 aliphatic heterocycles. The van der Waals surface area contributed by atoms with Crippen LogP contribution in [-0.4, -0.2) is 21.8 Å². The van der Waals surface area contributed by atoms with Crippen LogP contribution in [0.5, 0.6) is 0 Å². The Morgan fingerprint density at radius 3 is 2.38 bits per heavy atom. The van der Waals surface area contributed by atoms with Crippen LogP contribution in [-0.2, 0) is 0 Å². The number of nitrogens with zero attached hydrogens (tertiary/aromatic N) is 2. The van der Waals surface area contributed by atoms with Crippen molar-refractivity contribution >= 4 is 46.4 Å². The summed E-state index contributed by atoms with van der Waals surface area (Å²) in [7, 11) is 0. The van der Waals surface area contributed by atoms with Crippen LogP contribution in [0.2, 0.25) is 10.2 Å². The molecule has 0 atom stereocenters. The van der Waals surface area contributed by atoms with E-state index in [-0.39, 0.29) is 16.6 Å². The average molecular weight is 387 g/mol. The van der Waals surface area contributed by atoms with E-state index in [4.69, 9.17) is 23.2 Å². The van der Waals surface area contributed by atoms with E-state index in [1.807, 2.05) is 0 Å². The Kier molecular flexibility index (Phi) is 5.46. The maximum atomic E-state index is 12.3. The summed E-state index contributed by atoms with van der Waals surface area (Å²) < 4.78 is 0. The molecule has 0 aliphatic carbocycles. The van der Waals surface area contributed by atoms with Gasteiger partial charge in [0.2, 0.25) is 0 Å². The number of carbonyl (C=O) groups is 2. The van der Waals surface area contributed by atoms with Crippen molar-refractivity contribution in [3.8, 4) is 0 Å². The first-order chi connectivity index (χ1) is 12.5. The SMILES string of the molecule is O=C(Nc1ccc(Cl)nc1)c1ccc(NC(=O)c2ccccn2)c(Cl)c1. The van der Waals surface area contributed by atoms with Crippen molar-refractivity contribution in [2.75, 3.05) is 10.6 Å². The second-order valence-electron chi connectivity index (χ2n) is 5.19. The Morgan fingerprint density at radius 2 is 1.73 bits per heavy atom. The van der Waals surface area contributed by atoms with Crippen LogP contribution >= 0.6 is 23.2 Å². The Balaban J connectivity index is 1.71. The van der Waals surface area contributed by atoms with Gasteiger partial charge < -0.3 is 10.6 Å². The topological polar surface area (TPSA) is 84.0 Å². The monoisotopic (exact) mass is 386 g/mol. The Labute approximate surface area is 159 Å². The van der Waals surface area contributed by atoms with Crippen molar-refractivity contribution in [3.05, 3.63) is 82.4 Å². The molecule has 1 aromatic carbocycles. The molecule has 0 bridgehead atoms. The van der Waals surface area contributed by atoms with E-state index in [1.165, 1.54) is 18.5 Å². The minimum absolute atomic E-state index is 0.233. The largest absolute Gasteiger partial charge is 0.321 e. The number of aromatic nitrogens is 2. The predicted molar refractivity (Wildman–Crippen MR) is 101 cm³/mol. The van der Waals surface area contributed by atoms with Crippen molar-refractivity contribution in [1.29, 1.82) is 0 Å². The minimum atomic E-state index is -0.392. The van der Waals surface area contributed by atoms with Crippen molar-refractivity contribution in [1.82, 2.24) is 9.97 Å². The van der Waals surface area contributed by atoms with Crippen molar-refractivity contribution in [2.24, 2.45) is 0 Å². The van der Waals surface area contributed by atoms with Gasteiger partial charge in [-0.05, 0) is 42.5 Å². The quantitative estimate of drug-likeness (QED) is 0.655. The first-order valence-electron chi connectivity index (χ1n) is 7.48.